The minimum atomic E-state index is -0.230. The van der Waals surface area contributed by atoms with E-state index in [1.807, 2.05) is 6.92 Å². The summed E-state index contributed by atoms with van der Waals surface area (Å²) >= 11 is 0. The van der Waals surface area contributed by atoms with Crippen LogP contribution in [0.3, 0.4) is 0 Å². The second-order valence-electron chi connectivity index (χ2n) is 9.46. The van der Waals surface area contributed by atoms with Gasteiger partial charge in [-0.1, -0.05) is 26.0 Å². The monoisotopic (exact) mass is 316 g/mol. The van der Waals surface area contributed by atoms with Crippen LogP contribution in [0.25, 0.3) is 0 Å². The average molecular weight is 316 g/mol. The van der Waals surface area contributed by atoms with Gasteiger partial charge in [0.1, 0.15) is 5.78 Å². The molecule has 1 N–H and O–H groups in total. The molecule has 23 heavy (non-hydrogen) atoms. The third-order valence-corrected chi connectivity index (χ3v) is 8.66. The highest BCUT2D eigenvalue weighted by Crippen LogP contribution is 2.66. The van der Waals surface area contributed by atoms with Crippen LogP contribution in [0, 0.1) is 40.4 Å². The molecule has 2 heteroatoms. The highest BCUT2D eigenvalue weighted by atomic mass is 16.3. The summed E-state index contributed by atoms with van der Waals surface area (Å²) in [6.07, 6.45) is 12.6. The van der Waals surface area contributed by atoms with Crippen LogP contribution in [0.1, 0.15) is 65.7 Å². The number of carbonyl (C=O) groups excluding carboxylic acids is 1. The molecule has 0 heterocycles. The molecule has 2 nitrogen and oxygen atoms in total. The van der Waals surface area contributed by atoms with Gasteiger partial charge in [0, 0.05) is 5.92 Å². The Balaban J connectivity index is 1.65. The quantitative estimate of drug-likeness (QED) is 0.729. The lowest BCUT2D eigenvalue weighted by Gasteiger charge is -2.59. The Bertz CT molecular complexity index is 538. The van der Waals surface area contributed by atoms with Crippen molar-refractivity contribution < 1.29 is 9.90 Å². The number of aliphatic hydroxyl groups is 1. The van der Waals surface area contributed by atoms with Gasteiger partial charge < -0.3 is 5.11 Å². The summed E-state index contributed by atoms with van der Waals surface area (Å²) in [5.41, 5.74) is 0.534. The molecule has 0 aromatic heterocycles. The highest BCUT2D eigenvalue weighted by Gasteiger charge is 2.60. The summed E-state index contributed by atoms with van der Waals surface area (Å²) < 4.78 is 0. The maximum atomic E-state index is 12.2. The predicted molar refractivity (Wildman–Crippen MR) is 91.8 cm³/mol. The number of allylic oxidation sites excluding steroid dienone is 1. The molecule has 2 unspecified atom stereocenters. The maximum absolute atomic E-state index is 12.2. The number of Topliss-reactive ketones (excluding diaryl/α,β-unsaturated/α-hetero) is 1. The molecule has 0 aromatic carbocycles. The largest absolute Gasteiger partial charge is 0.389 e. The number of carbonyl (C=O) groups is 1. The van der Waals surface area contributed by atoms with Crippen LogP contribution in [-0.2, 0) is 4.79 Å². The lowest BCUT2D eigenvalue weighted by atomic mass is 9.46. The normalized spacial score (nSPS) is 55.0. The second-order valence-corrected chi connectivity index (χ2v) is 9.46. The minimum absolute atomic E-state index is 0.230. The van der Waals surface area contributed by atoms with Crippen molar-refractivity contribution in [3.8, 4) is 0 Å². The van der Waals surface area contributed by atoms with Gasteiger partial charge in [0.25, 0.3) is 0 Å². The standard InChI is InChI=1S/C21H32O2/c1-13(22)17-6-7-18-16-5-4-14-12-15(23)8-10-20(14,2)19(16)9-11-21(17,18)3/h8,10,14-19,23H,4-7,9,11-12H2,1-3H3/t14?,15?,16-,17+,18-,19-,20-,21+/m0/s1. The number of ketones is 1. The number of aliphatic hydroxyl groups excluding tert-OH is 1. The topological polar surface area (TPSA) is 37.3 Å². The molecule has 0 aromatic rings. The molecule has 3 saturated carbocycles. The van der Waals surface area contributed by atoms with Crippen molar-refractivity contribution in [1.29, 1.82) is 0 Å². The first-order chi connectivity index (χ1) is 10.9. The van der Waals surface area contributed by atoms with Gasteiger partial charge in [0.15, 0.2) is 0 Å². The van der Waals surface area contributed by atoms with Crippen molar-refractivity contribution in [1.82, 2.24) is 0 Å². The van der Waals surface area contributed by atoms with Gasteiger partial charge in [-0.3, -0.25) is 4.79 Å². The van der Waals surface area contributed by atoms with Crippen molar-refractivity contribution in [3.05, 3.63) is 12.2 Å². The van der Waals surface area contributed by atoms with Crippen molar-refractivity contribution in [2.45, 2.75) is 71.8 Å². The van der Waals surface area contributed by atoms with E-state index < -0.39 is 0 Å². The molecular weight excluding hydrogens is 284 g/mol. The Labute approximate surface area is 140 Å². The van der Waals surface area contributed by atoms with E-state index in [2.05, 4.69) is 26.0 Å². The van der Waals surface area contributed by atoms with Crippen LogP contribution in [0.5, 0.6) is 0 Å². The average Bonchev–Trinajstić information content (AvgIpc) is 2.85. The van der Waals surface area contributed by atoms with Gasteiger partial charge >= 0.3 is 0 Å². The van der Waals surface area contributed by atoms with E-state index >= 15 is 0 Å². The van der Waals surface area contributed by atoms with E-state index in [0.29, 0.717) is 17.6 Å². The van der Waals surface area contributed by atoms with E-state index in [4.69, 9.17) is 0 Å². The van der Waals surface area contributed by atoms with Crippen LogP contribution in [0.4, 0.5) is 0 Å². The van der Waals surface area contributed by atoms with Gasteiger partial charge in [0.2, 0.25) is 0 Å². The van der Waals surface area contributed by atoms with Crippen molar-refractivity contribution in [3.63, 3.8) is 0 Å². The molecule has 4 aliphatic rings. The number of fused-ring (bicyclic) bond motifs is 5. The third kappa shape index (κ3) is 2.13. The Kier molecular flexibility index (Phi) is 3.58. The van der Waals surface area contributed by atoms with E-state index in [1.165, 1.54) is 32.1 Å². The zero-order valence-corrected chi connectivity index (χ0v) is 14.9. The number of rotatable bonds is 1. The molecule has 0 aliphatic heterocycles. The summed E-state index contributed by atoms with van der Waals surface area (Å²) in [5.74, 6) is 3.68. The lowest BCUT2D eigenvalue weighted by Crippen LogP contribution is -2.53. The zero-order valence-electron chi connectivity index (χ0n) is 14.9. The predicted octanol–water partition coefficient (Wildman–Crippen LogP) is 4.37. The fourth-order valence-electron chi connectivity index (χ4n) is 7.46. The SMILES string of the molecule is CC(=O)[C@H]1CC[C@H]2[C@@H]3CCC4CC(O)C=C[C@]4(C)[C@H]3CC[C@]12C. The molecule has 0 radical (unpaired) electrons. The van der Waals surface area contributed by atoms with Crippen molar-refractivity contribution >= 4 is 5.78 Å². The van der Waals surface area contributed by atoms with Crippen LogP contribution in [-0.4, -0.2) is 17.0 Å². The molecule has 0 bridgehead atoms. The Hall–Kier alpha value is -0.630. The van der Waals surface area contributed by atoms with E-state index in [1.54, 1.807) is 0 Å². The number of hydrogen-bond acceptors (Lipinski definition) is 2. The van der Waals surface area contributed by atoms with Crippen molar-refractivity contribution in [2.75, 3.05) is 0 Å². The Morgan fingerprint density at radius 2 is 1.87 bits per heavy atom. The summed E-state index contributed by atoms with van der Waals surface area (Å²) in [6, 6.07) is 0. The lowest BCUT2D eigenvalue weighted by molar-refractivity contribution is -0.129. The maximum Gasteiger partial charge on any atom is 0.133 e. The minimum Gasteiger partial charge on any atom is -0.389 e. The fraction of sp³-hybridized carbons (Fsp3) is 0.857. The smallest absolute Gasteiger partial charge is 0.133 e. The molecule has 0 spiro atoms. The van der Waals surface area contributed by atoms with E-state index in [0.717, 1.165) is 30.6 Å². The number of hydrogen-bond donors (Lipinski definition) is 1. The molecule has 8 atom stereocenters. The molecular formula is C21H32O2. The molecule has 0 amide bonds. The van der Waals surface area contributed by atoms with Crippen LogP contribution in [0.2, 0.25) is 0 Å². The van der Waals surface area contributed by atoms with Gasteiger partial charge in [-0.15, -0.1) is 0 Å². The summed E-state index contributed by atoms with van der Waals surface area (Å²) in [7, 11) is 0. The van der Waals surface area contributed by atoms with Gasteiger partial charge in [-0.25, -0.2) is 0 Å². The Morgan fingerprint density at radius 1 is 1.09 bits per heavy atom. The molecule has 3 fully saturated rings. The van der Waals surface area contributed by atoms with Crippen molar-refractivity contribution in [2.24, 2.45) is 40.4 Å². The van der Waals surface area contributed by atoms with E-state index in [-0.39, 0.29) is 16.9 Å². The van der Waals surface area contributed by atoms with Gasteiger partial charge in [-0.05, 0) is 86.4 Å². The van der Waals surface area contributed by atoms with Gasteiger partial charge in [0.05, 0.1) is 6.10 Å². The van der Waals surface area contributed by atoms with Gasteiger partial charge in [-0.2, -0.15) is 0 Å². The first kappa shape index (κ1) is 15.9. The molecule has 128 valence electrons. The van der Waals surface area contributed by atoms with Crippen LogP contribution in [0.15, 0.2) is 12.2 Å². The zero-order chi connectivity index (χ0) is 16.4. The summed E-state index contributed by atoms with van der Waals surface area (Å²) in [4.78, 5) is 12.2. The second kappa shape index (κ2) is 5.18. The first-order valence-corrected chi connectivity index (χ1v) is 9.74. The third-order valence-electron chi connectivity index (χ3n) is 8.66. The fourth-order valence-corrected chi connectivity index (χ4v) is 7.46. The van der Waals surface area contributed by atoms with Crippen LogP contribution >= 0.6 is 0 Å². The Morgan fingerprint density at radius 3 is 2.61 bits per heavy atom. The summed E-state index contributed by atoms with van der Waals surface area (Å²) in [6.45, 7) is 6.69. The summed E-state index contributed by atoms with van der Waals surface area (Å²) in [5, 5.41) is 10.0. The highest BCUT2D eigenvalue weighted by molar-refractivity contribution is 5.79. The molecule has 0 saturated heterocycles. The van der Waals surface area contributed by atoms with E-state index in [9.17, 15) is 9.90 Å². The van der Waals surface area contributed by atoms with Crippen LogP contribution < -0.4 is 0 Å². The molecule has 4 rings (SSSR count). The molecule has 4 aliphatic carbocycles. The first-order valence-electron chi connectivity index (χ1n) is 9.74.